The van der Waals surface area contributed by atoms with E-state index in [0.717, 1.165) is 23.6 Å². The molecule has 0 aromatic heterocycles. The fourth-order valence-corrected chi connectivity index (χ4v) is 2.65. The zero-order chi connectivity index (χ0) is 10.2. The van der Waals surface area contributed by atoms with Gasteiger partial charge in [-0.25, -0.2) is 0 Å². The van der Waals surface area contributed by atoms with Crippen LogP contribution in [0, 0.1) is 5.92 Å². The van der Waals surface area contributed by atoms with E-state index in [2.05, 4.69) is 35.0 Å². The maximum absolute atomic E-state index is 10.8. The standard InChI is InChI=1S/C12H13BrO/c1-2-12(7-10(12)8-14)9-4-3-5-11(13)6-9/h3-6,8,10H,2,7H2,1H3. The van der Waals surface area contributed by atoms with E-state index >= 15 is 0 Å². The van der Waals surface area contributed by atoms with E-state index in [4.69, 9.17) is 0 Å². The van der Waals surface area contributed by atoms with Crippen molar-refractivity contribution in [3.63, 3.8) is 0 Å². The average molecular weight is 253 g/mol. The molecule has 1 aliphatic carbocycles. The molecular weight excluding hydrogens is 240 g/mol. The lowest BCUT2D eigenvalue weighted by atomic mass is 9.91. The predicted octanol–water partition coefficient (Wildman–Crippen LogP) is 3.32. The van der Waals surface area contributed by atoms with E-state index in [1.807, 2.05) is 12.1 Å². The first kappa shape index (κ1) is 9.91. The predicted molar refractivity (Wildman–Crippen MR) is 60.3 cm³/mol. The molecule has 1 saturated carbocycles. The number of aldehydes is 1. The largest absolute Gasteiger partial charge is 0.303 e. The lowest BCUT2D eigenvalue weighted by Crippen LogP contribution is -2.09. The van der Waals surface area contributed by atoms with Crippen LogP contribution in [0.15, 0.2) is 28.7 Å². The lowest BCUT2D eigenvalue weighted by Gasteiger charge is -2.14. The highest BCUT2D eigenvalue weighted by atomic mass is 79.9. The molecule has 2 heteroatoms. The molecule has 0 aliphatic heterocycles. The molecule has 2 unspecified atom stereocenters. The molecule has 0 saturated heterocycles. The van der Waals surface area contributed by atoms with Crippen molar-refractivity contribution in [2.24, 2.45) is 5.92 Å². The van der Waals surface area contributed by atoms with Gasteiger partial charge in [0.2, 0.25) is 0 Å². The smallest absolute Gasteiger partial charge is 0.123 e. The van der Waals surface area contributed by atoms with Gasteiger partial charge in [0.05, 0.1) is 0 Å². The molecule has 0 amide bonds. The Morgan fingerprint density at radius 3 is 2.93 bits per heavy atom. The summed E-state index contributed by atoms with van der Waals surface area (Å²) < 4.78 is 1.10. The molecule has 1 aliphatic rings. The summed E-state index contributed by atoms with van der Waals surface area (Å²) in [5.41, 5.74) is 1.44. The van der Waals surface area contributed by atoms with Gasteiger partial charge >= 0.3 is 0 Å². The molecule has 14 heavy (non-hydrogen) atoms. The fourth-order valence-electron chi connectivity index (χ4n) is 2.25. The summed E-state index contributed by atoms with van der Waals surface area (Å²) in [6.45, 7) is 2.16. The second-order valence-electron chi connectivity index (χ2n) is 3.97. The van der Waals surface area contributed by atoms with Gasteiger partial charge < -0.3 is 4.79 Å². The SMILES string of the molecule is CCC1(c2cccc(Br)c2)CC1C=O. The monoisotopic (exact) mass is 252 g/mol. The molecule has 0 heterocycles. The summed E-state index contributed by atoms with van der Waals surface area (Å²) in [6, 6.07) is 8.31. The molecule has 1 aromatic carbocycles. The number of benzene rings is 1. The highest BCUT2D eigenvalue weighted by molar-refractivity contribution is 9.10. The Hall–Kier alpha value is -0.630. The van der Waals surface area contributed by atoms with Gasteiger partial charge in [-0.15, -0.1) is 0 Å². The second-order valence-corrected chi connectivity index (χ2v) is 4.88. The van der Waals surface area contributed by atoms with E-state index < -0.39 is 0 Å². The van der Waals surface area contributed by atoms with E-state index in [1.54, 1.807) is 0 Å². The minimum absolute atomic E-state index is 0.144. The van der Waals surface area contributed by atoms with Crippen molar-refractivity contribution in [2.45, 2.75) is 25.2 Å². The minimum atomic E-state index is 0.144. The van der Waals surface area contributed by atoms with Gasteiger partial charge in [0, 0.05) is 15.8 Å². The van der Waals surface area contributed by atoms with Gasteiger partial charge in [-0.05, 0) is 30.5 Å². The number of hydrogen-bond donors (Lipinski definition) is 0. The van der Waals surface area contributed by atoms with E-state index in [9.17, 15) is 4.79 Å². The van der Waals surface area contributed by atoms with Gasteiger partial charge in [0.1, 0.15) is 6.29 Å². The molecule has 0 bridgehead atoms. The van der Waals surface area contributed by atoms with Crippen molar-refractivity contribution >= 4 is 22.2 Å². The molecule has 0 radical (unpaired) electrons. The first-order valence-electron chi connectivity index (χ1n) is 4.94. The Labute approximate surface area is 92.6 Å². The Morgan fingerprint density at radius 1 is 1.64 bits per heavy atom. The fraction of sp³-hybridized carbons (Fsp3) is 0.417. The zero-order valence-corrected chi connectivity index (χ0v) is 9.75. The normalized spacial score (nSPS) is 30.0. The van der Waals surface area contributed by atoms with Crippen molar-refractivity contribution in [1.29, 1.82) is 0 Å². The van der Waals surface area contributed by atoms with Gasteiger partial charge in [-0.2, -0.15) is 0 Å². The Kier molecular flexibility index (Phi) is 2.48. The quantitative estimate of drug-likeness (QED) is 0.755. The maximum atomic E-state index is 10.8. The minimum Gasteiger partial charge on any atom is -0.303 e. The van der Waals surface area contributed by atoms with E-state index in [-0.39, 0.29) is 11.3 Å². The van der Waals surface area contributed by atoms with Crippen molar-refractivity contribution in [1.82, 2.24) is 0 Å². The number of carbonyl (C=O) groups excluding carboxylic acids is 1. The topological polar surface area (TPSA) is 17.1 Å². The Bertz CT molecular complexity index is 361. The third-order valence-corrected chi connectivity index (χ3v) is 3.82. The summed E-state index contributed by atoms with van der Waals surface area (Å²) in [5.74, 6) is 0.238. The summed E-state index contributed by atoms with van der Waals surface area (Å²) in [5, 5.41) is 0. The van der Waals surface area contributed by atoms with Gasteiger partial charge in [-0.1, -0.05) is 35.0 Å². The molecule has 2 atom stereocenters. The van der Waals surface area contributed by atoms with Crippen LogP contribution >= 0.6 is 15.9 Å². The molecule has 1 aromatic rings. The van der Waals surface area contributed by atoms with Crippen LogP contribution in [0.2, 0.25) is 0 Å². The van der Waals surface area contributed by atoms with Crippen LogP contribution in [-0.2, 0) is 10.2 Å². The third-order valence-electron chi connectivity index (χ3n) is 3.33. The van der Waals surface area contributed by atoms with Crippen LogP contribution in [0.4, 0.5) is 0 Å². The molecule has 1 fully saturated rings. The number of carbonyl (C=O) groups is 1. The van der Waals surface area contributed by atoms with E-state index in [1.165, 1.54) is 5.56 Å². The molecule has 74 valence electrons. The maximum Gasteiger partial charge on any atom is 0.123 e. The highest BCUT2D eigenvalue weighted by Crippen LogP contribution is 2.55. The number of halogens is 1. The average Bonchev–Trinajstić information content (AvgIpc) is 2.93. The van der Waals surface area contributed by atoms with Crippen molar-refractivity contribution in [2.75, 3.05) is 0 Å². The number of rotatable bonds is 3. The molecular formula is C12H13BrO. The first-order valence-corrected chi connectivity index (χ1v) is 5.73. The van der Waals surface area contributed by atoms with Crippen molar-refractivity contribution < 1.29 is 4.79 Å². The third kappa shape index (κ3) is 1.42. The Morgan fingerprint density at radius 2 is 2.43 bits per heavy atom. The summed E-state index contributed by atoms with van der Waals surface area (Å²) in [7, 11) is 0. The summed E-state index contributed by atoms with van der Waals surface area (Å²) >= 11 is 3.47. The van der Waals surface area contributed by atoms with Gasteiger partial charge in [-0.3, -0.25) is 0 Å². The Balaban J connectivity index is 2.34. The van der Waals surface area contributed by atoms with Crippen molar-refractivity contribution in [3.05, 3.63) is 34.3 Å². The van der Waals surface area contributed by atoms with Crippen LogP contribution in [-0.4, -0.2) is 6.29 Å². The van der Waals surface area contributed by atoms with Gasteiger partial charge in [0.15, 0.2) is 0 Å². The lowest BCUT2D eigenvalue weighted by molar-refractivity contribution is -0.109. The summed E-state index contributed by atoms with van der Waals surface area (Å²) in [6.07, 6.45) is 3.17. The van der Waals surface area contributed by atoms with Gasteiger partial charge in [0.25, 0.3) is 0 Å². The van der Waals surface area contributed by atoms with Crippen molar-refractivity contribution in [3.8, 4) is 0 Å². The van der Waals surface area contributed by atoms with Crippen LogP contribution in [0.3, 0.4) is 0 Å². The van der Waals surface area contributed by atoms with Crippen LogP contribution in [0.5, 0.6) is 0 Å². The number of hydrogen-bond acceptors (Lipinski definition) is 1. The summed E-state index contributed by atoms with van der Waals surface area (Å²) in [4.78, 5) is 10.8. The highest BCUT2D eigenvalue weighted by Gasteiger charge is 2.53. The second kappa shape index (κ2) is 3.50. The first-order chi connectivity index (χ1) is 6.73. The van der Waals surface area contributed by atoms with Crippen LogP contribution in [0.25, 0.3) is 0 Å². The zero-order valence-electron chi connectivity index (χ0n) is 8.16. The molecule has 0 spiro atoms. The molecule has 1 nitrogen and oxygen atoms in total. The van der Waals surface area contributed by atoms with E-state index in [0.29, 0.717) is 0 Å². The van der Waals surface area contributed by atoms with Crippen LogP contribution < -0.4 is 0 Å². The molecule has 2 rings (SSSR count). The van der Waals surface area contributed by atoms with Crippen LogP contribution in [0.1, 0.15) is 25.3 Å². The molecule has 0 N–H and O–H groups in total.